The topological polar surface area (TPSA) is 67.6 Å². The van der Waals surface area contributed by atoms with E-state index in [2.05, 4.69) is 0 Å². The van der Waals surface area contributed by atoms with Gasteiger partial charge in [0.15, 0.2) is 9.84 Å². The van der Waals surface area contributed by atoms with Crippen LogP contribution in [-0.4, -0.2) is 25.5 Å². The van der Waals surface area contributed by atoms with Crippen LogP contribution in [0.3, 0.4) is 0 Å². The van der Waals surface area contributed by atoms with Gasteiger partial charge < -0.3 is 9.32 Å². The fourth-order valence-electron chi connectivity index (χ4n) is 2.62. The lowest BCUT2D eigenvalue weighted by molar-refractivity contribution is 0.0717. The van der Waals surface area contributed by atoms with Crippen LogP contribution in [0.5, 0.6) is 0 Å². The second-order valence-corrected chi connectivity index (χ2v) is 8.04. The van der Waals surface area contributed by atoms with Crippen LogP contribution >= 0.6 is 0 Å². The van der Waals surface area contributed by atoms with E-state index in [9.17, 15) is 13.2 Å². The second-order valence-electron chi connectivity index (χ2n) is 6.02. The van der Waals surface area contributed by atoms with E-state index in [1.54, 1.807) is 29.4 Å². The van der Waals surface area contributed by atoms with Gasteiger partial charge >= 0.3 is 0 Å². The first-order valence-electron chi connectivity index (χ1n) is 8.09. The van der Waals surface area contributed by atoms with Crippen LogP contribution < -0.4 is 0 Å². The summed E-state index contributed by atoms with van der Waals surface area (Å²) >= 11 is 0. The molecule has 0 N–H and O–H groups in total. The Bertz CT molecular complexity index is 962. The highest BCUT2D eigenvalue weighted by Gasteiger charge is 2.18. The molecule has 0 saturated heterocycles. The molecule has 0 bridgehead atoms. The summed E-state index contributed by atoms with van der Waals surface area (Å²) in [4.78, 5) is 14.8. The molecule has 0 saturated carbocycles. The van der Waals surface area contributed by atoms with Crippen LogP contribution in [0.15, 0.2) is 82.3 Å². The number of amides is 1. The molecule has 5 nitrogen and oxygen atoms in total. The number of carbonyl (C=O) groups excluding carboxylic acids is 1. The molecule has 3 aromatic rings. The molecule has 3 rings (SSSR count). The van der Waals surface area contributed by atoms with Gasteiger partial charge in [-0.05, 0) is 42.0 Å². The molecular weight excluding hydrogens is 350 g/mol. The standard InChI is InChI=1S/C20H19NO4S/c1-26(23,24)19-11-9-17(10-12-19)20(22)21(15-18-8-5-13-25-18)14-16-6-3-2-4-7-16/h2-13H,14-15H2,1H3. The zero-order valence-corrected chi connectivity index (χ0v) is 15.1. The number of sulfone groups is 1. The first-order valence-corrected chi connectivity index (χ1v) is 9.98. The lowest BCUT2D eigenvalue weighted by atomic mass is 10.1. The number of rotatable bonds is 6. The third-order valence-corrected chi connectivity index (χ3v) is 5.09. The molecule has 0 spiro atoms. The Hall–Kier alpha value is -2.86. The van der Waals surface area contributed by atoms with Gasteiger partial charge in [-0.3, -0.25) is 4.79 Å². The molecule has 0 fully saturated rings. The van der Waals surface area contributed by atoms with Gasteiger partial charge in [-0.1, -0.05) is 30.3 Å². The van der Waals surface area contributed by atoms with E-state index in [1.807, 2.05) is 36.4 Å². The Morgan fingerprint density at radius 1 is 0.923 bits per heavy atom. The Kier molecular flexibility index (Phi) is 5.23. The van der Waals surface area contributed by atoms with E-state index in [0.717, 1.165) is 11.8 Å². The summed E-state index contributed by atoms with van der Waals surface area (Å²) < 4.78 is 28.6. The molecule has 1 amide bonds. The molecule has 1 aromatic heterocycles. The van der Waals surface area contributed by atoms with Crippen LogP contribution in [0.1, 0.15) is 21.7 Å². The fourth-order valence-corrected chi connectivity index (χ4v) is 3.25. The van der Waals surface area contributed by atoms with Gasteiger partial charge in [0.2, 0.25) is 0 Å². The summed E-state index contributed by atoms with van der Waals surface area (Å²) in [5, 5.41) is 0. The third-order valence-electron chi connectivity index (χ3n) is 3.96. The Balaban J connectivity index is 1.86. The number of hydrogen-bond donors (Lipinski definition) is 0. The van der Waals surface area contributed by atoms with Gasteiger partial charge in [-0.2, -0.15) is 0 Å². The summed E-state index contributed by atoms with van der Waals surface area (Å²) in [5.41, 5.74) is 1.43. The van der Waals surface area contributed by atoms with Gasteiger partial charge in [-0.25, -0.2) is 8.42 Å². The monoisotopic (exact) mass is 369 g/mol. The van der Waals surface area contributed by atoms with Gasteiger partial charge in [0.05, 0.1) is 17.7 Å². The average Bonchev–Trinajstić information content (AvgIpc) is 3.14. The summed E-state index contributed by atoms with van der Waals surface area (Å²) in [6.07, 6.45) is 2.71. The van der Waals surface area contributed by atoms with Gasteiger partial charge in [0, 0.05) is 18.4 Å². The van der Waals surface area contributed by atoms with Crippen molar-refractivity contribution in [2.24, 2.45) is 0 Å². The lowest BCUT2D eigenvalue weighted by Crippen LogP contribution is -2.30. The van der Waals surface area contributed by atoms with E-state index in [0.29, 0.717) is 24.4 Å². The first-order chi connectivity index (χ1) is 12.4. The lowest BCUT2D eigenvalue weighted by Gasteiger charge is -2.22. The van der Waals surface area contributed by atoms with Crippen molar-refractivity contribution >= 4 is 15.7 Å². The molecule has 0 aliphatic heterocycles. The molecular formula is C20H19NO4S. The molecule has 1 heterocycles. The molecule has 2 aromatic carbocycles. The van der Waals surface area contributed by atoms with Crippen LogP contribution in [0.2, 0.25) is 0 Å². The number of hydrogen-bond acceptors (Lipinski definition) is 4. The van der Waals surface area contributed by atoms with Gasteiger partial charge in [0.1, 0.15) is 5.76 Å². The maximum absolute atomic E-state index is 13.0. The highest BCUT2D eigenvalue weighted by Crippen LogP contribution is 2.16. The summed E-state index contributed by atoms with van der Waals surface area (Å²) in [7, 11) is -3.29. The predicted octanol–water partition coefficient (Wildman–Crippen LogP) is 3.53. The third kappa shape index (κ3) is 4.40. The molecule has 134 valence electrons. The molecule has 0 aliphatic carbocycles. The largest absolute Gasteiger partial charge is 0.467 e. The summed E-state index contributed by atoms with van der Waals surface area (Å²) in [5.74, 6) is 0.493. The van der Waals surface area contributed by atoms with Crippen molar-refractivity contribution in [3.63, 3.8) is 0 Å². The Morgan fingerprint density at radius 3 is 2.19 bits per heavy atom. The van der Waals surface area contributed by atoms with E-state index in [-0.39, 0.29) is 10.8 Å². The highest BCUT2D eigenvalue weighted by atomic mass is 32.2. The number of nitrogens with zero attached hydrogens (tertiary/aromatic N) is 1. The number of furan rings is 1. The molecule has 0 unspecified atom stereocenters. The molecule has 0 aliphatic rings. The maximum atomic E-state index is 13.0. The van der Waals surface area contributed by atoms with Crippen molar-refractivity contribution in [2.75, 3.05) is 6.26 Å². The van der Waals surface area contributed by atoms with E-state index in [4.69, 9.17) is 4.42 Å². The smallest absolute Gasteiger partial charge is 0.254 e. The van der Waals surface area contributed by atoms with Crippen LogP contribution in [0, 0.1) is 0 Å². The molecule has 0 radical (unpaired) electrons. The van der Waals surface area contributed by atoms with E-state index >= 15 is 0 Å². The minimum atomic E-state index is -3.29. The van der Waals surface area contributed by atoms with Crippen molar-refractivity contribution in [1.29, 1.82) is 0 Å². The van der Waals surface area contributed by atoms with Crippen molar-refractivity contribution in [2.45, 2.75) is 18.0 Å². The SMILES string of the molecule is CS(=O)(=O)c1ccc(C(=O)N(Cc2ccccc2)Cc2ccco2)cc1. The minimum Gasteiger partial charge on any atom is -0.467 e. The molecule has 26 heavy (non-hydrogen) atoms. The van der Waals surface area contributed by atoms with Crippen LogP contribution in [0.25, 0.3) is 0 Å². The van der Waals surface area contributed by atoms with Crippen molar-refractivity contribution in [3.05, 3.63) is 89.9 Å². The van der Waals surface area contributed by atoms with Gasteiger partial charge in [0.25, 0.3) is 5.91 Å². The van der Waals surface area contributed by atoms with Crippen molar-refractivity contribution in [3.8, 4) is 0 Å². The van der Waals surface area contributed by atoms with Crippen LogP contribution in [0.4, 0.5) is 0 Å². The molecule has 6 heteroatoms. The van der Waals surface area contributed by atoms with Crippen molar-refractivity contribution < 1.29 is 17.6 Å². The first kappa shape index (κ1) is 17.9. The Morgan fingerprint density at radius 2 is 1.62 bits per heavy atom. The van der Waals surface area contributed by atoms with Crippen molar-refractivity contribution in [1.82, 2.24) is 4.90 Å². The zero-order valence-electron chi connectivity index (χ0n) is 14.3. The van der Waals surface area contributed by atoms with Gasteiger partial charge in [-0.15, -0.1) is 0 Å². The normalized spacial score (nSPS) is 11.3. The average molecular weight is 369 g/mol. The number of carbonyl (C=O) groups is 1. The second kappa shape index (κ2) is 7.58. The quantitative estimate of drug-likeness (QED) is 0.667. The van der Waals surface area contributed by atoms with E-state index in [1.165, 1.54) is 12.1 Å². The molecule has 0 atom stereocenters. The van der Waals surface area contributed by atoms with E-state index < -0.39 is 9.84 Å². The minimum absolute atomic E-state index is 0.190. The Labute approximate surface area is 152 Å². The predicted molar refractivity (Wildman–Crippen MR) is 98.3 cm³/mol. The highest BCUT2D eigenvalue weighted by molar-refractivity contribution is 7.90. The summed E-state index contributed by atoms with van der Waals surface area (Å²) in [6, 6.07) is 19.3. The number of benzene rings is 2. The summed E-state index contributed by atoms with van der Waals surface area (Å²) in [6.45, 7) is 0.753. The van der Waals surface area contributed by atoms with Crippen LogP contribution in [-0.2, 0) is 22.9 Å². The zero-order chi connectivity index (χ0) is 18.6. The fraction of sp³-hybridized carbons (Fsp3) is 0.150. The maximum Gasteiger partial charge on any atom is 0.254 e.